The van der Waals surface area contributed by atoms with Crippen molar-refractivity contribution >= 4 is 27.5 Å². The minimum atomic E-state index is 0.852. The molecule has 3 aromatic heterocycles. The molecule has 0 aliphatic carbocycles. The smallest absolute Gasteiger partial charge is 0.0964 e. The summed E-state index contributed by atoms with van der Waals surface area (Å²) in [6, 6.07) is 10.4. The second kappa shape index (κ2) is 6.28. The summed E-state index contributed by atoms with van der Waals surface area (Å²) in [7, 11) is 0. The summed E-state index contributed by atoms with van der Waals surface area (Å²) in [5.41, 5.74) is 4.40. The van der Waals surface area contributed by atoms with E-state index in [1.807, 2.05) is 36.9 Å². The molecule has 0 aliphatic rings. The van der Waals surface area contributed by atoms with Gasteiger partial charge in [0.1, 0.15) is 0 Å². The summed E-state index contributed by atoms with van der Waals surface area (Å²) >= 11 is 0. The number of rotatable bonds is 5. The molecule has 0 aliphatic heterocycles. The quantitative estimate of drug-likeness (QED) is 0.569. The standard InChI is InChI=1S/C19H19N5/c1-14-5-6-15-12-23-24(18(15)10-14)9-3-8-21-17-13-20-11-16-4-2-7-22-19(16)17/h2,4-7,10-13,21H,3,8-9H2,1H3. The van der Waals surface area contributed by atoms with Crippen LogP contribution < -0.4 is 5.32 Å². The van der Waals surface area contributed by atoms with Crippen molar-refractivity contribution in [3.8, 4) is 0 Å². The number of hydrogen-bond donors (Lipinski definition) is 1. The lowest BCUT2D eigenvalue weighted by molar-refractivity contribution is 0.610. The largest absolute Gasteiger partial charge is 0.382 e. The summed E-state index contributed by atoms with van der Waals surface area (Å²) in [5.74, 6) is 0. The molecule has 4 aromatic rings. The Bertz CT molecular complexity index is 984. The zero-order valence-electron chi connectivity index (χ0n) is 13.6. The summed E-state index contributed by atoms with van der Waals surface area (Å²) in [6.07, 6.45) is 8.40. The molecule has 120 valence electrons. The van der Waals surface area contributed by atoms with Crippen molar-refractivity contribution in [1.82, 2.24) is 19.7 Å². The van der Waals surface area contributed by atoms with Gasteiger partial charge in [-0.25, -0.2) is 0 Å². The van der Waals surface area contributed by atoms with Crippen LogP contribution in [0.2, 0.25) is 0 Å². The first-order chi connectivity index (χ1) is 11.8. The normalized spacial score (nSPS) is 11.2. The van der Waals surface area contributed by atoms with E-state index in [1.165, 1.54) is 16.5 Å². The Morgan fingerprint density at radius 3 is 3.00 bits per heavy atom. The predicted octanol–water partition coefficient (Wildman–Crippen LogP) is 3.79. The fourth-order valence-corrected chi connectivity index (χ4v) is 2.94. The number of benzene rings is 1. The van der Waals surface area contributed by atoms with Crippen LogP contribution in [0.1, 0.15) is 12.0 Å². The number of hydrogen-bond acceptors (Lipinski definition) is 4. The van der Waals surface area contributed by atoms with Gasteiger partial charge < -0.3 is 5.32 Å². The lowest BCUT2D eigenvalue weighted by Crippen LogP contribution is -2.08. The molecule has 0 unspecified atom stereocenters. The van der Waals surface area contributed by atoms with Crippen molar-refractivity contribution in [1.29, 1.82) is 0 Å². The Balaban J connectivity index is 1.43. The van der Waals surface area contributed by atoms with Gasteiger partial charge in [0.05, 0.1) is 29.1 Å². The highest BCUT2D eigenvalue weighted by atomic mass is 15.3. The van der Waals surface area contributed by atoms with Gasteiger partial charge in [-0.15, -0.1) is 0 Å². The molecule has 0 spiro atoms. The Kier molecular flexibility index (Phi) is 3.83. The Labute approximate surface area is 140 Å². The van der Waals surface area contributed by atoms with Crippen molar-refractivity contribution < 1.29 is 0 Å². The van der Waals surface area contributed by atoms with E-state index in [0.717, 1.165) is 36.1 Å². The zero-order chi connectivity index (χ0) is 16.4. The zero-order valence-corrected chi connectivity index (χ0v) is 13.6. The Morgan fingerprint density at radius 1 is 1.08 bits per heavy atom. The lowest BCUT2D eigenvalue weighted by Gasteiger charge is -2.09. The molecule has 5 heteroatoms. The van der Waals surface area contributed by atoms with Gasteiger partial charge in [-0.05, 0) is 37.1 Å². The summed E-state index contributed by atoms with van der Waals surface area (Å²) in [5, 5.41) is 10.2. The Hall–Kier alpha value is -2.95. The lowest BCUT2D eigenvalue weighted by atomic mass is 10.2. The maximum atomic E-state index is 4.50. The van der Waals surface area contributed by atoms with Gasteiger partial charge in [0.15, 0.2) is 0 Å². The molecular weight excluding hydrogens is 298 g/mol. The first kappa shape index (κ1) is 14.6. The number of nitrogens with one attached hydrogen (secondary N) is 1. The van der Waals surface area contributed by atoms with Crippen LogP contribution >= 0.6 is 0 Å². The van der Waals surface area contributed by atoms with Crippen LogP contribution in [0, 0.1) is 6.92 Å². The molecule has 24 heavy (non-hydrogen) atoms. The topological polar surface area (TPSA) is 55.6 Å². The number of nitrogens with zero attached hydrogens (tertiary/aromatic N) is 4. The fourth-order valence-electron chi connectivity index (χ4n) is 2.94. The molecule has 0 saturated heterocycles. The van der Waals surface area contributed by atoms with Crippen molar-refractivity contribution in [2.75, 3.05) is 11.9 Å². The first-order valence-corrected chi connectivity index (χ1v) is 8.16. The SMILES string of the molecule is Cc1ccc2cnn(CCCNc3cncc4cccnc34)c2c1. The van der Waals surface area contributed by atoms with E-state index in [1.54, 1.807) is 0 Å². The highest BCUT2D eigenvalue weighted by molar-refractivity contribution is 5.88. The number of aryl methyl sites for hydroxylation is 2. The summed E-state index contributed by atoms with van der Waals surface area (Å²) in [6.45, 7) is 3.84. The minimum absolute atomic E-state index is 0.852. The molecular formula is C19H19N5. The number of pyridine rings is 2. The molecule has 0 saturated carbocycles. The molecule has 1 N–H and O–H groups in total. The van der Waals surface area contributed by atoms with Gasteiger partial charge in [-0.1, -0.05) is 12.1 Å². The van der Waals surface area contributed by atoms with Gasteiger partial charge in [-0.2, -0.15) is 5.10 Å². The highest BCUT2D eigenvalue weighted by Gasteiger charge is 2.04. The maximum absolute atomic E-state index is 4.50. The molecule has 0 radical (unpaired) electrons. The predicted molar refractivity (Wildman–Crippen MR) is 97.1 cm³/mol. The van der Waals surface area contributed by atoms with Crippen molar-refractivity contribution in [2.24, 2.45) is 0 Å². The third kappa shape index (κ3) is 2.80. The van der Waals surface area contributed by atoms with Gasteiger partial charge in [0, 0.05) is 36.3 Å². The van der Waals surface area contributed by atoms with Crippen LogP contribution in [0.15, 0.2) is 55.1 Å². The third-order valence-electron chi connectivity index (χ3n) is 4.17. The minimum Gasteiger partial charge on any atom is -0.382 e. The summed E-state index contributed by atoms with van der Waals surface area (Å²) < 4.78 is 2.07. The summed E-state index contributed by atoms with van der Waals surface area (Å²) in [4.78, 5) is 8.71. The van der Waals surface area contributed by atoms with E-state index >= 15 is 0 Å². The van der Waals surface area contributed by atoms with Crippen LogP contribution in [0.3, 0.4) is 0 Å². The van der Waals surface area contributed by atoms with Gasteiger partial charge >= 0.3 is 0 Å². The van der Waals surface area contributed by atoms with E-state index < -0.39 is 0 Å². The second-order valence-corrected chi connectivity index (χ2v) is 5.97. The van der Waals surface area contributed by atoms with Crippen LogP contribution in [-0.4, -0.2) is 26.3 Å². The first-order valence-electron chi connectivity index (χ1n) is 8.16. The van der Waals surface area contributed by atoms with Crippen LogP contribution in [0.5, 0.6) is 0 Å². The van der Waals surface area contributed by atoms with Gasteiger partial charge in [-0.3, -0.25) is 14.6 Å². The molecule has 4 rings (SSSR count). The van der Waals surface area contributed by atoms with E-state index in [2.05, 4.69) is 50.2 Å². The molecule has 3 heterocycles. The fraction of sp³-hybridized carbons (Fsp3) is 0.211. The van der Waals surface area contributed by atoms with Crippen molar-refractivity contribution in [3.63, 3.8) is 0 Å². The number of fused-ring (bicyclic) bond motifs is 2. The molecule has 0 atom stereocenters. The second-order valence-electron chi connectivity index (χ2n) is 5.97. The monoisotopic (exact) mass is 317 g/mol. The van der Waals surface area contributed by atoms with Crippen LogP contribution in [0.4, 0.5) is 5.69 Å². The van der Waals surface area contributed by atoms with Gasteiger partial charge in [0.2, 0.25) is 0 Å². The van der Waals surface area contributed by atoms with Crippen LogP contribution in [0.25, 0.3) is 21.8 Å². The van der Waals surface area contributed by atoms with Crippen molar-refractivity contribution in [2.45, 2.75) is 19.9 Å². The average Bonchev–Trinajstić information content (AvgIpc) is 3.01. The van der Waals surface area contributed by atoms with E-state index in [9.17, 15) is 0 Å². The molecule has 5 nitrogen and oxygen atoms in total. The van der Waals surface area contributed by atoms with E-state index in [0.29, 0.717) is 0 Å². The van der Waals surface area contributed by atoms with Crippen molar-refractivity contribution in [3.05, 3.63) is 60.7 Å². The van der Waals surface area contributed by atoms with Crippen LogP contribution in [-0.2, 0) is 6.54 Å². The van der Waals surface area contributed by atoms with E-state index in [-0.39, 0.29) is 0 Å². The Morgan fingerprint density at radius 2 is 2.04 bits per heavy atom. The number of aromatic nitrogens is 4. The average molecular weight is 317 g/mol. The third-order valence-corrected chi connectivity index (χ3v) is 4.17. The van der Waals surface area contributed by atoms with Gasteiger partial charge in [0.25, 0.3) is 0 Å². The molecule has 0 amide bonds. The highest BCUT2D eigenvalue weighted by Crippen LogP contribution is 2.19. The number of anilines is 1. The maximum Gasteiger partial charge on any atom is 0.0964 e. The molecule has 0 bridgehead atoms. The molecule has 1 aromatic carbocycles. The van der Waals surface area contributed by atoms with E-state index in [4.69, 9.17) is 0 Å². The molecule has 0 fully saturated rings.